The number of rotatable bonds is 3. The maximum absolute atomic E-state index is 13.5. The van der Waals surface area contributed by atoms with E-state index < -0.39 is 21.7 Å². The van der Waals surface area contributed by atoms with Gasteiger partial charge in [-0.2, -0.15) is 0 Å². The number of hydrogen-bond donors (Lipinski definition) is 2. The lowest BCUT2D eigenvalue weighted by atomic mass is 10.3. The summed E-state index contributed by atoms with van der Waals surface area (Å²) in [4.78, 5) is 11.9. The van der Waals surface area contributed by atoms with Gasteiger partial charge in [-0.25, -0.2) is 17.9 Å². The van der Waals surface area contributed by atoms with Crippen molar-refractivity contribution in [2.45, 2.75) is 4.90 Å². The second-order valence-electron chi connectivity index (χ2n) is 3.62. The van der Waals surface area contributed by atoms with Crippen LogP contribution in [0.25, 0.3) is 0 Å². The van der Waals surface area contributed by atoms with Crippen LogP contribution in [-0.4, -0.2) is 14.3 Å². The molecule has 0 unspecified atom stereocenters. The molecule has 5 nitrogen and oxygen atoms in total. The topological polar surface area (TPSA) is 89.3 Å². The number of nitrogens with one attached hydrogen (secondary N) is 1. The predicted octanol–water partition coefficient (Wildman–Crippen LogP) is 1.79. The summed E-state index contributed by atoms with van der Waals surface area (Å²) in [5.41, 5.74) is -0.232. The largest absolute Gasteiger partial charge is 0.319 e. The molecule has 0 spiro atoms. The monoisotopic (exact) mass is 300 g/mol. The van der Waals surface area contributed by atoms with E-state index in [0.29, 0.717) is 4.88 Å². The molecule has 8 heteroatoms. The van der Waals surface area contributed by atoms with Crippen LogP contribution in [0.2, 0.25) is 0 Å². The van der Waals surface area contributed by atoms with Crippen molar-refractivity contribution in [3.05, 3.63) is 46.4 Å². The van der Waals surface area contributed by atoms with Crippen molar-refractivity contribution in [1.82, 2.24) is 0 Å². The molecule has 1 aromatic heterocycles. The molecule has 1 heterocycles. The third-order valence-electron chi connectivity index (χ3n) is 2.26. The lowest BCUT2D eigenvalue weighted by Gasteiger charge is -2.07. The van der Waals surface area contributed by atoms with Gasteiger partial charge in [-0.05, 0) is 29.6 Å². The number of anilines is 1. The molecule has 2 aromatic rings. The third-order valence-corrected chi connectivity index (χ3v) is 4.04. The summed E-state index contributed by atoms with van der Waals surface area (Å²) >= 11 is 1.19. The summed E-state index contributed by atoms with van der Waals surface area (Å²) in [6.45, 7) is 0. The highest BCUT2D eigenvalue weighted by Gasteiger charge is 2.14. The van der Waals surface area contributed by atoms with Gasteiger partial charge in [-0.1, -0.05) is 6.07 Å². The summed E-state index contributed by atoms with van der Waals surface area (Å²) in [5.74, 6) is -1.25. The molecule has 0 atom stereocenters. The highest BCUT2D eigenvalue weighted by atomic mass is 32.2. The minimum Gasteiger partial charge on any atom is -0.319 e. The number of hydrogen-bond acceptors (Lipinski definition) is 4. The van der Waals surface area contributed by atoms with E-state index in [9.17, 15) is 17.6 Å². The van der Waals surface area contributed by atoms with Gasteiger partial charge in [0.2, 0.25) is 10.0 Å². The quantitative estimate of drug-likeness (QED) is 0.905. The summed E-state index contributed by atoms with van der Waals surface area (Å²) in [7, 11) is -3.95. The Morgan fingerprint density at radius 2 is 2.05 bits per heavy atom. The van der Waals surface area contributed by atoms with E-state index in [-0.39, 0.29) is 10.6 Å². The van der Waals surface area contributed by atoms with E-state index >= 15 is 0 Å². The number of nitrogens with two attached hydrogens (primary N) is 1. The van der Waals surface area contributed by atoms with Crippen LogP contribution < -0.4 is 10.5 Å². The summed E-state index contributed by atoms with van der Waals surface area (Å²) in [6.07, 6.45) is 0. The average Bonchev–Trinajstić information content (AvgIpc) is 2.84. The Hall–Kier alpha value is -1.77. The molecule has 0 bridgehead atoms. The number of thiophene rings is 1. The van der Waals surface area contributed by atoms with E-state index in [4.69, 9.17) is 5.14 Å². The number of halogens is 1. The number of benzene rings is 1. The molecular formula is C11H9FN2O3S2. The number of primary sulfonamides is 1. The Bertz CT molecular complexity index is 712. The minimum absolute atomic E-state index is 0.232. The van der Waals surface area contributed by atoms with E-state index in [1.807, 2.05) is 0 Å². The Balaban J connectivity index is 2.32. The Labute approximate surface area is 112 Å². The zero-order chi connectivity index (χ0) is 14.0. The first-order valence-corrected chi connectivity index (χ1v) is 7.48. The first-order chi connectivity index (χ1) is 8.88. The molecule has 0 aliphatic heterocycles. The minimum atomic E-state index is -3.95. The Kier molecular flexibility index (Phi) is 3.65. The van der Waals surface area contributed by atoms with Gasteiger partial charge in [0, 0.05) is 0 Å². The second-order valence-corrected chi connectivity index (χ2v) is 6.13. The van der Waals surface area contributed by atoms with Crippen LogP contribution in [0.1, 0.15) is 9.67 Å². The highest BCUT2D eigenvalue weighted by molar-refractivity contribution is 7.89. The smallest absolute Gasteiger partial charge is 0.265 e. The second kappa shape index (κ2) is 5.08. The maximum Gasteiger partial charge on any atom is 0.265 e. The van der Waals surface area contributed by atoms with Crippen molar-refractivity contribution >= 4 is 33.0 Å². The van der Waals surface area contributed by atoms with Gasteiger partial charge in [-0.3, -0.25) is 4.79 Å². The molecule has 2 rings (SSSR count). The lowest BCUT2D eigenvalue weighted by Crippen LogP contribution is -2.15. The van der Waals surface area contributed by atoms with Crippen molar-refractivity contribution in [1.29, 1.82) is 0 Å². The SMILES string of the molecule is NS(=O)(=O)c1ccc(F)c(NC(=O)c2cccs2)c1. The van der Waals surface area contributed by atoms with E-state index in [0.717, 1.165) is 18.2 Å². The van der Waals surface area contributed by atoms with Gasteiger partial charge in [0.05, 0.1) is 15.5 Å². The summed E-state index contributed by atoms with van der Waals surface area (Å²) < 4.78 is 35.8. The summed E-state index contributed by atoms with van der Waals surface area (Å²) in [5, 5.41) is 8.94. The van der Waals surface area contributed by atoms with Gasteiger partial charge < -0.3 is 5.32 Å². The average molecular weight is 300 g/mol. The molecule has 0 aliphatic carbocycles. The van der Waals surface area contributed by atoms with Crippen LogP contribution in [0.15, 0.2) is 40.6 Å². The van der Waals surface area contributed by atoms with Crippen LogP contribution >= 0.6 is 11.3 Å². The van der Waals surface area contributed by atoms with Crippen LogP contribution in [0.3, 0.4) is 0 Å². The van der Waals surface area contributed by atoms with Gasteiger partial charge in [-0.15, -0.1) is 11.3 Å². The normalized spacial score (nSPS) is 11.3. The van der Waals surface area contributed by atoms with Crippen LogP contribution in [0.5, 0.6) is 0 Å². The molecule has 100 valence electrons. The molecule has 1 amide bonds. The van der Waals surface area contributed by atoms with Crippen LogP contribution in [-0.2, 0) is 10.0 Å². The molecule has 0 saturated heterocycles. The molecular weight excluding hydrogens is 291 g/mol. The third kappa shape index (κ3) is 3.16. The van der Waals surface area contributed by atoms with Gasteiger partial charge in [0.15, 0.2) is 0 Å². The van der Waals surface area contributed by atoms with Crippen molar-refractivity contribution in [2.75, 3.05) is 5.32 Å². The number of carbonyl (C=O) groups is 1. The maximum atomic E-state index is 13.5. The van der Waals surface area contributed by atoms with Crippen molar-refractivity contribution in [3.63, 3.8) is 0 Å². The van der Waals surface area contributed by atoms with Crippen molar-refractivity contribution in [2.24, 2.45) is 5.14 Å². The van der Waals surface area contributed by atoms with E-state index in [1.54, 1.807) is 17.5 Å². The molecule has 0 fully saturated rings. The highest BCUT2D eigenvalue weighted by Crippen LogP contribution is 2.20. The first-order valence-electron chi connectivity index (χ1n) is 5.05. The standard InChI is InChI=1S/C11H9FN2O3S2/c12-8-4-3-7(19(13,16)17)6-9(8)14-11(15)10-2-1-5-18-10/h1-6H,(H,14,15)(H2,13,16,17). The van der Waals surface area contributed by atoms with E-state index in [1.165, 1.54) is 11.3 Å². The lowest BCUT2D eigenvalue weighted by molar-refractivity contribution is 0.103. The number of sulfonamides is 1. The van der Waals surface area contributed by atoms with Gasteiger partial charge in [0.1, 0.15) is 5.82 Å². The van der Waals surface area contributed by atoms with Crippen LogP contribution in [0.4, 0.5) is 10.1 Å². The van der Waals surface area contributed by atoms with Crippen molar-refractivity contribution in [3.8, 4) is 0 Å². The fourth-order valence-corrected chi connectivity index (χ4v) is 2.53. The fourth-order valence-electron chi connectivity index (χ4n) is 1.37. The molecule has 0 aliphatic rings. The zero-order valence-electron chi connectivity index (χ0n) is 9.46. The van der Waals surface area contributed by atoms with Gasteiger partial charge in [0.25, 0.3) is 5.91 Å². The predicted molar refractivity (Wildman–Crippen MR) is 70.0 cm³/mol. The molecule has 1 aromatic carbocycles. The fraction of sp³-hybridized carbons (Fsp3) is 0. The molecule has 0 saturated carbocycles. The molecule has 19 heavy (non-hydrogen) atoms. The van der Waals surface area contributed by atoms with E-state index in [2.05, 4.69) is 5.32 Å². The summed E-state index contributed by atoms with van der Waals surface area (Å²) in [6, 6.07) is 6.20. The van der Waals surface area contributed by atoms with Crippen molar-refractivity contribution < 1.29 is 17.6 Å². The Morgan fingerprint density at radius 3 is 2.63 bits per heavy atom. The first kappa shape index (κ1) is 13.7. The number of carbonyl (C=O) groups excluding carboxylic acids is 1. The Morgan fingerprint density at radius 1 is 1.32 bits per heavy atom. The zero-order valence-corrected chi connectivity index (χ0v) is 11.1. The van der Waals surface area contributed by atoms with Crippen LogP contribution in [0, 0.1) is 5.82 Å². The molecule has 0 radical (unpaired) electrons. The number of amides is 1. The van der Waals surface area contributed by atoms with Gasteiger partial charge >= 0.3 is 0 Å². The molecule has 3 N–H and O–H groups in total.